The highest BCUT2D eigenvalue weighted by atomic mass is 16.4. The molecule has 1 aromatic rings. The molecule has 1 aromatic carbocycles. The van der Waals surface area contributed by atoms with Crippen LogP contribution in [-0.4, -0.2) is 40.1 Å². The Labute approximate surface area is 112 Å². The van der Waals surface area contributed by atoms with Gasteiger partial charge in [-0.1, -0.05) is 18.2 Å². The second-order valence-electron chi connectivity index (χ2n) is 4.25. The van der Waals surface area contributed by atoms with Crippen molar-refractivity contribution in [2.75, 3.05) is 13.1 Å². The van der Waals surface area contributed by atoms with Crippen molar-refractivity contribution in [1.29, 1.82) is 0 Å². The van der Waals surface area contributed by atoms with E-state index in [-0.39, 0.29) is 31.0 Å². The summed E-state index contributed by atoms with van der Waals surface area (Å²) in [5.41, 5.74) is 0.727. The molecule has 19 heavy (non-hydrogen) atoms. The second kappa shape index (κ2) is 7.41. The molecule has 0 aliphatic heterocycles. The number of aromatic hydroxyl groups is 1. The molecule has 5 nitrogen and oxygen atoms in total. The second-order valence-corrected chi connectivity index (χ2v) is 4.25. The van der Waals surface area contributed by atoms with Gasteiger partial charge in [-0.15, -0.1) is 0 Å². The summed E-state index contributed by atoms with van der Waals surface area (Å²) in [6, 6.07) is 6.89. The van der Waals surface area contributed by atoms with Gasteiger partial charge in [0.2, 0.25) is 5.91 Å². The normalized spacial score (nSPS) is 10.2. The van der Waals surface area contributed by atoms with E-state index >= 15 is 0 Å². The van der Waals surface area contributed by atoms with Crippen LogP contribution >= 0.6 is 0 Å². The maximum absolute atomic E-state index is 11.9. The molecule has 0 saturated heterocycles. The fraction of sp³-hybridized carbons (Fsp3) is 0.429. The monoisotopic (exact) mass is 265 g/mol. The molecular weight excluding hydrogens is 246 g/mol. The van der Waals surface area contributed by atoms with Crippen molar-refractivity contribution in [3.63, 3.8) is 0 Å². The zero-order chi connectivity index (χ0) is 14.3. The molecule has 1 amide bonds. The Morgan fingerprint density at radius 2 is 1.89 bits per heavy atom. The number of aliphatic carboxylic acids is 1. The van der Waals surface area contributed by atoms with Crippen molar-refractivity contribution >= 4 is 11.9 Å². The van der Waals surface area contributed by atoms with Gasteiger partial charge in [-0.3, -0.25) is 9.59 Å². The fourth-order valence-corrected chi connectivity index (χ4v) is 1.81. The highest BCUT2D eigenvalue weighted by Gasteiger charge is 2.13. The van der Waals surface area contributed by atoms with Crippen LogP contribution in [0, 0.1) is 0 Å². The van der Waals surface area contributed by atoms with Crippen LogP contribution in [0.5, 0.6) is 5.75 Å². The lowest BCUT2D eigenvalue weighted by Crippen LogP contribution is -2.32. The number of benzene rings is 1. The number of carbonyl (C=O) groups excluding carboxylic acids is 1. The highest BCUT2D eigenvalue weighted by molar-refractivity contribution is 5.77. The van der Waals surface area contributed by atoms with Crippen molar-refractivity contribution in [1.82, 2.24) is 4.90 Å². The van der Waals surface area contributed by atoms with Gasteiger partial charge >= 0.3 is 5.97 Å². The largest absolute Gasteiger partial charge is 0.508 e. The van der Waals surface area contributed by atoms with Gasteiger partial charge in [0, 0.05) is 19.5 Å². The van der Waals surface area contributed by atoms with Crippen LogP contribution in [0.2, 0.25) is 0 Å². The first kappa shape index (κ1) is 15.0. The summed E-state index contributed by atoms with van der Waals surface area (Å²) in [4.78, 5) is 23.9. The Kier molecular flexibility index (Phi) is 5.85. The highest BCUT2D eigenvalue weighted by Crippen LogP contribution is 2.17. The molecule has 0 heterocycles. The predicted molar refractivity (Wildman–Crippen MR) is 70.9 cm³/mol. The third kappa shape index (κ3) is 4.99. The minimum atomic E-state index is -0.910. The molecular formula is C14H19NO4. The van der Waals surface area contributed by atoms with Crippen molar-refractivity contribution in [2.24, 2.45) is 0 Å². The van der Waals surface area contributed by atoms with Crippen molar-refractivity contribution < 1.29 is 19.8 Å². The maximum Gasteiger partial charge on any atom is 0.305 e. The van der Waals surface area contributed by atoms with E-state index in [1.807, 2.05) is 13.0 Å². The molecule has 104 valence electrons. The van der Waals surface area contributed by atoms with Gasteiger partial charge in [-0.05, 0) is 25.0 Å². The molecule has 0 aliphatic rings. The standard InChI is InChI=1S/C14H19NO4/c1-2-15(10-9-14(18)19)13(17)8-7-11-5-3-4-6-12(11)16/h3-6,16H,2,7-10H2,1H3,(H,18,19). The number of para-hydroxylation sites is 1. The van der Waals surface area contributed by atoms with Crippen LogP contribution in [0.15, 0.2) is 24.3 Å². The van der Waals surface area contributed by atoms with Gasteiger partial charge in [0.1, 0.15) is 5.75 Å². The number of hydrogen-bond donors (Lipinski definition) is 2. The summed E-state index contributed by atoms with van der Waals surface area (Å²) >= 11 is 0. The topological polar surface area (TPSA) is 77.8 Å². The molecule has 0 fully saturated rings. The van der Waals surface area contributed by atoms with Gasteiger partial charge in [0.15, 0.2) is 0 Å². The van der Waals surface area contributed by atoms with E-state index in [9.17, 15) is 14.7 Å². The Balaban J connectivity index is 2.49. The van der Waals surface area contributed by atoms with Gasteiger partial charge in [0.05, 0.1) is 6.42 Å². The zero-order valence-corrected chi connectivity index (χ0v) is 11.0. The first-order chi connectivity index (χ1) is 9.04. The minimum Gasteiger partial charge on any atom is -0.508 e. The van der Waals surface area contributed by atoms with Crippen LogP contribution in [0.4, 0.5) is 0 Å². The summed E-state index contributed by atoms with van der Waals surface area (Å²) < 4.78 is 0. The average molecular weight is 265 g/mol. The molecule has 0 atom stereocenters. The van der Waals surface area contributed by atoms with Gasteiger partial charge in [0.25, 0.3) is 0 Å². The maximum atomic E-state index is 11.9. The van der Waals surface area contributed by atoms with Crippen molar-refractivity contribution in [2.45, 2.75) is 26.2 Å². The minimum absolute atomic E-state index is 0.0455. The van der Waals surface area contributed by atoms with Crippen LogP contribution in [-0.2, 0) is 16.0 Å². The molecule has 2 N–H and O–H groups in total. The van der Waals surface area contributed by atoms with Crippen LogP contribution in [0.3, 0.4) is 0 Å². The lowest BCUT2D eigenvalue weighted by Gasteiger charge is -2.20. The van der Waals surface area contributed by atoms with E-state index in [0.29, 0.717) is 13.0 Å². The SMILES string of the molecule is CCN(CCC(=O)O)C(=O)CCc1ccccc1O. The lowest BCUT2D eigenvalue weighted by atomic mass is 10.1. The number of phenolic OH excluding ortho intramolecular Hbond substituents is 1. The van der Waals surface area contributed by atoms with Crippen LogP contribution in [0.25, 0.3) is 0 Å². The third-order valence-electron chi connectivity index (χ3n) is 2.93. The number of phenols is 1. The fourth-order valence-electron chi connectivity index (χ4n) is 1.81. The number of hydrogen-bond acceptors (Lipinski definition) is 3. The summed E-state index contributed by atoms with van der Waals surface area (Å²) in [6.45, 7) is 2.54. The van der Waals surface area contributed by atoms with Crippen molar-refractivity contribution in [3.05, 3.63) is 29.8 Å². The molecule has 5 heteroatoms. The summed E-state index contributed by atoms with van der Waals surface area (Å²) in [6.07, 6.45) is 0.677. The summed E-state index contributed by atoms with van der Waals surface area (Å²) in [5.74, 6) is -0.817. The first-order valence-electron chi connectivity index (χ1n) is 6.31. The molecule has 0 unspecified atom stereocenters. The van der Waals surface area contributed by atoms with E-state index < -0.39 is 5.97 Å². The quantitative estimate of drug-likeness (QED) is 0.785. The molecule has 0 saturated carbocycles. The van der Waals surface area contributed by atoms with Gasteiger partial charge < -0.3 is 15.1 Å². The van der Waals surface area contributed by atoms with Crippen molar-refractivity contribution in [3.8, 4) is 5.75 Å². The average Bonchev–Trinajstić information content (AvgIpc) is 2.38. The van der Waals surface area contributed by atoms with Gasteiger partial charge in [-0.25, -0.2) is 0 Å². The Morgan fingerprint density at radius 3 is 2.47 bits per heavy atom. The first-order valence-corrected chi connectivity index (χ1v) is 6.31. The number of carbonyl (C=O) groups is 2. The van der Waals surface area contributed by atoms with Crippen LogP contribution in [0.1, 0.15) is 25.3 Å². The number of carboxylic acids is 1. The van der Waals surface area contributed by atoms with E-state index in [4.69, 9.17) is 5.11 Å². The smallest absolute Gasteiger partial charge is 0.305 e. The zero-order valence-electron chi connectivity index (χ0n) is 11.0. The molecule has 0 aromatic heterocycles. The number of rotatable bonds is 7. The number of nitrogens with zero attached hydrogens (tertiary/aromatic N) is 1. The molecule has 0 spiro atoms. The molecule has 0 aliphatic carbocycles. The summed E-state index contributed by atoms with van der Waals surface area (Å²) in [5, 5.41) is 18.2. The number of amides is 1. The van der Waals surface area contributed by atoms with E-state index in [1.165, 1.54) is 4.90 Å². The lowest BCUT2D eigenvalue weighted by molar-refractivity contribution is -0.138. The third-order valence-corrected chi connectivity index (χ3v) is 2.93. The number of carboxylic acid groups (broad SMARTS) is 1. The van der Waals surface area contributed by atoms with Crippen LogP contribution < -0.4 is 0 Å². The Hall–Kier alpha value is -2.04. The summed E-state index contributed by atoms with van der Waals surface area (Å²) in [7, 11) is 0. The molecule has 1 rings (SSSR count). The predicted octanol–water partition coefficient (Wildman–Crippen LogP) is 1.65. The van der Waals surface area contributed by atoms with Gasteiger partial charge in [-0.2, -0.15) is 0 Å². The molecule has 0 radical (unpaired) electrons. The molecule has 0 bridgehead atoms. The number of aryl methyl sites for hydroxylation is 1. The van der Waals surface area contributed by atoms with E-state index in [0.717, 1.165) is 5.56 Å². The Morgan fingerprint density at radius 1 is 1.21 bits per heavy atom. The van der Waals surface area contributed by atoms with E-state index in [2.05, 4.69) is 0 Å². The Bertz CT molecular complexity index is 445. The van der Waals surface area contributed by atoms with E-state index in [1.54, 1.807) is 18.2 Å².